The molecule has 3 heteroatoms. The average Bonchev–Trinajstić information content (AvgIpc) is 2.47. The van der Waals surface area contributed by atoms with Crippen molar-refractivity contribution < 1.29 is 4.74 Å². The smallest absolute Gasteiger partial charge is 0.122 e. The number of likely N-dealkylation sites (N-methyl/N-ethyl adjacent to an activating group) is 1. The number of nitrogens with zero attached hydrogens (tertiary/aromatic N) is 2. The second kappa shape index (κ2) is 3.96. The lowest BCUT2D eigenvalue weighted by atomic mass is 10.2. The quantitative estimate of drug-likeness (QED) is 0.711. The molecule has 1 saturated heterocycles. The van der Waals surface area contributed by atoms with E-state index < -0.39 is 0 Å². The molecule has 2 rings (SSSR count). The van der Waals surface area contributed by atoms with Gasteiger partial charge in [0.1, 0.15) is 11.9 Å². The highest BCUT2D eigenvalue weighted by Gasteiger charge is 2.27. The molecule has 2 atom stereocenters. The summed E-state index contributed by atoms with van der Waals surface area (Å²) >= 11 is 0. The van der Waals surface area contributed by atoms with Crippen LogP contribution in [-0.2, 0) is 0 Å². The Balaban J connectivity index is 1.94. The van der Waals surface area contributed by atoms with E-state index in [2.05, 4.69) is 23.9 Å². The van der Waals surface area contributed by atoms with E-state index in [0.717, 1.165) is 18.7 Å². The maximum absolute atomic E-state index is 5.83. The second-order valence-corrected chi connectivity index (χ2v) is 3.95. The highest BCUT2D eigenvalue weighted by atomic mass is 16.5. The molecule has 2 unspecified atom stereocenters. The van der Waals surface area contributed by atoms with Crippen LogP contribution in [0.4, 0.5) is 0 Å². The SMILES string of the molecule is CC1CC(Oc2ccncc2)CN1C. The van der Waals surface area contributed by atoms with Gasteiger partial charge in [-0.1, -0.05) is 0 Å². The van der Waals surface area contributed by atoms with Gasteiger partial charge in [0.15, 0.2) is 0 Å². The molecule has 1 aromatic heterocycles. The minimum Gasteiger partial charge on any atom is -0.489 e. The summed E-state index contributed by atoms with van der Waals surface area (Å²) in [4.78, 5) is 6.28. The normalized spacial score (nSPS) is 27.9. The Hall–Kier alpha value is -1.09. The maximum atomic E-state index is 5.83. The molecule has 76 valence electrons. The van der Waals surface area contributed by atoms with Gasteiger partial charge < -0.3 is 4.74 Å². The van der Waals surface area contributed by atoms with Crippen LogP contribution >= 0.6 is 0 Å². The summed E-state index contributed by atoms with van der Waals surface area (Å²) in [6.07, 6.45) is 4.96. The average molecular weight is 192 g/mol. The topological polar surface area (TPSA) is 25.4 Å². The Labute approximate surface area is 84.7 Å². The largest absolute Gasteiger partial charge is 0.489 e. The number of ether oxygens (including phenoxy) is 1. The predicted molar refractivity (Wildman–Crippen MR) is 55.4 cm³/mol. The number of hydrogen-bond donors (Lipinski definition) is 0. The van der Waals surface area contributed by atoms with Gasteiger partial charge in [0.25, 0.3) is 0 Å². The molecular weight excluding hydrogens is 176 g/mol. The zero-order valence-electron chi connectivity index (χ0n) is 8.68. The van der Waals surface area contributed by atoms with Crippen LogP contribution in [0, 0.1) is 0 Å². The van der Waals surface area contributed by atoms with E-state index in [1.807, 2.05) is 12.1 Å². The van der Waals surface area contributed by atoms with E-state index in [-0.39, 0.29) is 0 Å². The summed E-state index contributed by atoms with van der Waals surface area (Å²) < 4.78 is 5.83. The first kappa shape index (κ1) is 9.46. The predicted octanol–water partition coefficient (Wildman–Crippen LogP) is 1.55. The van der Waals surface area contributed by atoms with Crippen molar-refractivity contribution in [2.75, 3.05) is 13.6 Å². The number of hydrogen-bond acceptors (Lipinski definition) is 3. The first-order chi connectivity index (χ1) is 6.75. The summed E-state index contributed by atoms with van der Waals surface area (Å²) in [5.74, 6) is 0.924. The maximum Gasteiger partial charge on any atom is 0.122 e. The van der Waals surface area contributed by atoms with Crippen LogP contribution in [0.15, 0.2) is 24.5 Å². The van der Waals surface area contributed by atoms with E-state index in [1.54, 1.807) is 12.4 Å². The van der Waals surface area contributed by atoms with Crippen LogP contribution in [0.5, 0.6) is 5.75 Å². The van der Waals surface area contributed by atoms with Crippen LogP contribution in [-0.4, -0.2) is 35.6 Å². The van der Waals surface area contributed by atoms with E-state index in [0.29, 0.717) is 12.1 Å². The first-order valence-corrected chi connectivity index (χ1v) is 5.02. The van der Waals surface area contributed by atoms with Crippen molar-refractivity contribution in [3.8, 4) is 5.75 Å². The van der Waals surface area contributed by atoms with Gasteiger partial charge in [0.2, 0.25) is 0 Å². The van der Waals surface area contributed by atoms with Crippen molar-refractivity contribution in [3.05, 3.63) is 24.5 Å². The summed E-state index contributed by atoms with van der Waals surface area (Å²) in [5, 5.41) is 0. The fourth-order valence-corrected chi connectivity index (χ4v) is 1.83. The van der Waals surface area contributed by atoms with Crippen molar-refractivity contribution in [2.24, 2.45) is 0 Å². The van der Waals surface area contributed by atoms with Crippen molar-refractivity contribution >= 4 is 0 Å². The first-order valence-electron chi connectivity index (χ1n) is 5.02. The number of rotatable bonds is 2. The molecule has 0 saturated carbocycles. The molecule has 0 radical (unpaired) electrons. The van der Waals surface area contributed by atoms with Gasteiger partial charge in [-0.25, -0.2) is 0 Å². The minimum absolute atomic E-state index is 0.331. The lowest BCUT2D eigenvalue weighted by molar-refractivity contribution is 0.208. The molecule has 1 aromatic rings. The third-order valence-corrected chi connectivity index (χ3v) is 2.80. The Morgan fingerprint density at radius 3 is 2.71 bits per heavy atom. The Bertz CT molecular complexity index is 279. The fourth-order valence-electron chi connectivity index (χ4n) is 1.83. The van der Waals surface area contributed by atoms with Crippen molar-refractivity contribution in [2.45, 2.75) is 25.5 Å². The van der Waals surface area contributed by atoms with Crippen molar-refractivity contribution in [1.29, 1.82) is 0 Å². The standard InChI is InChI=1S/C11H16N2O/c1-9-7-11(8-13(9)2)14-10-3-5-12-6-4-10/h3-6,9,11H,7-8H2,1-2H3. The molecule has 2 heterocycles. The van der Waals surface area contributed by atoms with Gasteiger partial charge in [-0.05, 0) is 26.1 Å². The highest BCUT2D eigenvalue weighted by Crippen LogP contribution is 2.20. The van der Waals surface area contributed by atoms with Gasteiger partial charge >= 0.3 is 0 Å². The third kappa shape index (κ3) is 2.04. The summed E-state index contributed by atoms with van der Waals surface area (Å²) in [7, 11) is 2.14. The molecule has 0 amide bonds. The monoisotopic (exact) mass is 192 g/mol. The van der Waals surface area contributed by atoms with Crippen molar-refractivity contribution in [3.63, 3.8) is 0 Å². The van der Waals surface area contributed by atoms with Crippen LogP contribution in [0.3, 0.4) is 0 Å². The van der Waals surface area contributed by atoms with Crippen LogP contribution in [0.1, 0.15) is 13.3 Å². The summed E-state index contributed by atoms with van der Waals surface area (Å²) in [6.45, 7) is 3.25. The minimum atomic E-state index is 0.331. The van der Waals surface area contributed by atoms with E-state index in [9.17, 15) is 0 Å². The fraction of sp³-hybridized carbons (Fsp3) is 0.545. The van der Waals surface area contributed by atoms with Crippen molar-refractivity contribution in [1.82, 2.24) is 9.88 Å². The Morgan fingerprint density at radius 1 is 1.43 bits per heavy atom. The molecule has 0 bridgehead atoms. The van der Waals surface area contributed by atoms with Gasteiger partial charge in [0.05, 0.1) is 0 Å². The van der Waals surface area contributed by atoms with Gasteiger partial charge in [-0.15, -0.1) is 0 Å². The zero-order chi connectivity index (χ0) is 9.97. The van der Waals surface area contributed by atoms with E-state index in [1.165, 1.54) is 0 Å². The molecule has 0 spiro atoms. The Morgan fingerprint density at radius 2 is 2.14 bits per heavy atom. The summed E-state index contributed by atoms with van der Waals surface area (Å²) in [5.41, 5.74) is 0. The van der Waals surface area contributed by atoms with Crippen LogP contribution in [0.2, 0.25) is 0 Å². The second-order valence-electron chi connectivity index (χ2n) is 3.95. The summed E-state index contributed by atoms with van der Waals surface area (Å²) in [6, 6.07) is 4.44. The van der Waals surface area contributed by atoms with E-state index >= 15 is 0 Å². The van der Waals surface area contributed by atoms with E-state index in [4.69, 9.17) is 4.74 Å². The lowest BCUT2D eigenvalue weighted by Crippen LogP contribution is -2.23. The lowest BCUT2D eigenvalue weighted by Gasteiger charge is -2.13. The number of aromatic nitrogens is 1. The number of pyridine rings is 1. The third-order valence-electron chi connectivity index (χ3n) is 2.80. The zero-order valence-corrected chi connectivity index (χ0v) is 8.68. The van der Waals surface area contributed by atoms with Gasteiger partial charge in [-0.3, -0.25) is 9.88 Å². The molecule has 0 aliphatic carbocycles. The van der Waals surface area contributed by atoms with Gasteiger partial charge in [0, 0.05) is 31.4 Å². The molecule has 0 N–H and O–H groups in total. The molecule has 1 aliphatic heterocycles. The molecule has 14 heavy (non-hydrogen) atoms. The van der Waals surface area contributed by atoms with Crippen LogP contribution < -0.4 is 4.74 Å². The molecule has 1 aliphatic rings. The molecule has 3 nitrogen and oxygen atoms in total. The van der Waals surface area contributed by atoms with Crippen LogP contribution in [0.25, 0.3) is 0 Å². The molecular formula is C11H16N2O. The molecule has 0 aromatic carbocycles. The molecule has 1 fully saturated rings. The van der Waals surface area contributed by atoms with Gasteiger partial charge in [-0.2, -0.15) is 0 Å². The highest BCUT2D eigenvalue weighted by molar-refractivity contribution is 5.17. The Kier molecular flexibility index (Phi) is 2.68. The number of likely N-dealkylation sites (tertiary alicyclic amines) is 1.